The molecule has 19 heavy (non-hydrogen) atoms. The molecule has 0 heterocycles. The van der Waals surface area contributed by atoms with Gasteiger partial charge in [0.05, 0.1) is 0 Å². The maximum atomic E-state index is 13.2. The van der Waals surface area contributed by atoms with Crippen LogP contribution >= 0.6 is 11.6 Å². The molecule has 1 saturated carbocycles. The van der Waals surface area contributed by atoms with E-state index in [-0.39, 0.29) is 5.82 Å². The predicted octanol–water partition coefficient (Wildman–Crippen LogP) is 4.40. The Kier molecular flexibility index (Phi) is 3.54. The highest BCUT2D eigenvalue weighted by Crippen LogP contribution is 2.27. The Morgan fingerprint density at radius 3 is 2.58 bits per heavy atom. The highest BCUT2D eigenvalue weighted by molar-refractivity contribution is 6.31. The first-order valence-electron chi connectivity index (χ1n) is 6.50. The second-order valence-electron chi connectivity index (χ2n) is 4.97. The van der Waals surface area contributed by atoms with Crippen molar-refractivity contribution in [3.8, 4) is 11.1 Å². The van der Waals surface area contributed by atoms with E-state index in [2.05, 4.69) is 5.32 Å². The minimum absolute atomic E-state index is 0.229. The van der Waals surface area contributed by atoms with Crippen LogP contribution in [0.3, 0.4) is 0 Å². The molecule has 0 spiro atoms. The van der Waals surface area contributed by atoms with Gasteiger partial charge in [0.25, 0.3) is 0 Å². The lowest BCUT2D eigenvalue weighted by Crippen LogP contribution is -2.15. The van der Waals surface area contributed by atoms with Crippen molar-refractivity contribution >= 4 is 11.6 Å². The Balaban J connectivity index is 1.81. The summed E-state index contributed by atoms with van der Waals surface area (Å²) in [6.45, 7) is 0.799. The van der Waals surface area contributed by atoms with E-state index in [0.29, 0.717) is 6.04 Å². The summed E-state index contributed by atoms with van der Waals surface area (Å²) in [5.74, 6) is -0.229. The molecule has 2 aromatic carbocycles. The van der Waals surface area contributed by atoms with Crippen LogP contribution in [-0.2, 0) is 6.54 Å². The Morgan fingerprint density at radius 1 is 1.11 bits per heavy atom. The minimum atomic E-state index is -0.229. The van der Waals surface area contributed by atoms with Crippen LogP contribution < -0.4 is 5.32 Å². The average molecular weight is 276 g/mol. The van der Waals surface area contributed by atoms with E-state index >= 15 is 0 Å². The summed E-state index contributed by atoms with van der Waals surface area (Å²) < 4.78 is 13.2. The molecule has 1 nitrogen and oxygen atoms in total. The zero-order valence-electron chi connectivity index (χ0n) is 10.5. The zero-order valence-corrected chi connectivity index (χ0v) is 11.3. The number of hydrogen-bond donors (Lipinski definition) is 1. The fourth-order valence-electron chi connectivity index (χ4n) is 2.08. The molecule has 1 fully saturated rings. The van der Waals surface area contributed by atoms with Crippen molar-refractivity contribution in [3.05, 3.63) is 58.9 Å². The van der Waals surface area contributed by atoms with E-state index in [1.807, 2.05) is 24.3 Å². The first kappa shape index (κ1) is 12.6. The van der Waals surface area contributed by atoms with E-state index in [0.717, 1.165) is 28.3 Å². The van der Waals surface area contributed by atoms with E-state index in [4.69, 9.17) is 11.6 Å². The molecule has 1 N–H and O–H groups in total. The van der Waals surface area contributed by atoms with Crippen LogP contribution in [0.25, 0.3) is 11.1 Å². The van der Waals surface area contributed by atoms with E-state index < -0.39 is 0 Å². The van der Waals surface area contributed by atoms with Crippen LogP contribution in [0.5, 0.6) is 0 Å². The van der Waals surface area contributed by atoms with Crippen molar-refractivity contribution in [1.82, 2.24) is 5.32 Å². The van der Waals surface area contributed by atoms with Gasteiger partial charge >= 0.3 is 0 Å². The molecule has 0 bridgehead atoms. The Labute approximate surface area is 117 Å². The Hall–Kier alpha value is -1.38. The second kappa shape index (κ2) is 5.32. The summed E-state index contributed by atoms with van der Waals surface area (Å²) in [4.78, 5) is 0. The van der Waals surface area contributed by atoms with Crippen molar-refractivity contribution < 1.29 is 4.39 Å². The van der Waals surface area contributed by atoms with Crippen molar-refractivity contribution in [1.29, 1.82) is 0 Å². The lowest BCUT2D eigenvalue weighted by Gasteiger charge is -2.08. The van der Waals surface area contributed by atoms with Crippen LogP contribution in [-0.4, -0.2) is 6.04 Å². The maximum absolute atomic E-state index is 13.2. The smallest absolute Gasteiger partial charge is 0.123 e. The zero-order chi connectivity index (χ0) is 13.2. The van der Waals surface area contributed by atoms with Gasteiger partial charge in [-0.15, -0.1) is 0 Å². The molecule has 0 amide bonds. The van der Waals surface area contributed by atoms with Gasteiger partial charge in [0.15, 0.2) is 0 Å². The monoisotopic (exact) mass is 275 g/mol. The quantitative estimate of drug-likeness (QED) is 0.872. The summed E-state index contributed by atoms with van der Waals surface area (Å²) in [6.07, 6.45) is 2.53. The standard InChI is InChI=1S/C16H15ClFN/c17-16-9-12(11-2-1-3-14(18)8-11)4-5-13(16)10-19-15-6-7-15/h1-5,8-9,15,19H,6-7,10H2. The molecule has 2 aromatic rings. The maximum Gasteiger partial charge on any atom is 0.123 e. The fraction of sp³-hybridized carbons (Fsp3) is 0.250. The molecule has 0 aliphatic heterocycles. The highest BCUT2D eigenvalue weighted by atomic mass is 35.5. The third-order valence-corrected chi connectivity index (χ3v) is 3.72. The van der Waals surface area contributed by atoms with Crippen LogP contribution in [0.2, 0.25) is 5.02 Å². The second-order valence-corrected chi connectivity index (χ2v) is 5.38. The van der Waals surface area contributed by atoms with Crippen molar-refractivity contribution in [2.45, 2.75) is 25.4 Å². The lowest BCUT2D eigenvalue weighted by atomic mass is 10.0. The topological polar surface area (TPSA) is 12.0 Å². The van der Waals surface area contributed by atoms with Gasteiger partial charge < -0.3 is 5.32 Å². The van der Waals surface area contributed by atoms with Gasteiger partial charge in [-0.1, -0.05) is 35.9 Å². The Morgan fingerprint density at radius 2 is 1.89 bits per heavy atom. The number of benzene rings is 2. The van der Waals surface area contributed by atoms with E-state index in [1.54, 1.807) is 6.07 Å². The molecule has 98 valence electrons. The van der Waals surface area contributed by atoms with Crippen molar-refractivity contribution in [3.63, 3.8) is 0 Å². The van der Waals surface area contributed by atoms with Gasteiger partial charge in [0.1, 0.15) is 5.82 Å². The van der Waals surface area contributed by atoms with Gasteiger partial charge in [-0.2, -0.15) is 0 Å². The normalized spacial score (nSPS) is 14.6. The van der Waals surface area contributed by atoms with Crippen LogP contribution in [0.4, 0.5) is 4.39 Å². The molecule has 3 heteroatoms. The molecule has 0 saturated heterocycles. The minimum Gasteiger partial charge on any atom is -0.310 e. The molecule has 3 rings (SSSR count). The van der Waals surface area contributed by atoms with Gasteiger partial charge in [-0.05, 0) is 47.7 Å². The molecule has 0 unspecified atom stereocenters. The summed E-state index contributed by atoms with van der Waals surface area (Å²) in [5, 5.41) is 4.17. The summed E-state index contributed by atoms with van der Waals surface area (Å²) in [6, 6.07) is 13.1. The first-order chi connectivity index (χ1) is 9.22. The van der Waals surface area contributed by atoms with Gasteiger partial charge in [0, 0.05) is 17.6 Å². The van der Waals surface area contributed by atoms with E-state index in [1.165, 1.54) is 25.0 Å². The van der Waals surface area contributed by atoms with Crippen molar-refractivity contribution in [2.75, 3.05) is 0 Å². The van der Waals surface area contributed by atoms with Gasteiger partial charge in [0.2, 0.25) is 0 Å². The SMILES string of the molecule is Fc1cccc(-c2ccc(CNC3CC3)c(Cl)c2)c1. The molecule has 0 radical (unpaired) electrons. The summed E-state index contributed by atoms with van der Waals surface area (Å²) in [7, 11) is 0. The highest BCUT2D eigenvalue weighted by Gasteiger charge is 2.20. The fourth-order valence-corrected chi connectivity index (χ4v) is 2.33. The molecule has 1 aliphatic rings. The number of halogens is 2. The van der Waals surface area contributed by atoms with Gasteiger partial charge in [-0.25, -0.2) is 4.39 Å². The first-order valence-corrected chi connectivity index (χ1v) is 6.88. The lowest BCUT2D eigenvalue weighted by molar-refractivity contribution is 0.628. The molecule has 0 aromatic heterocycles. The van der Waals surface area contributed by atoms with Crippen LogP contribution in [0.15, 0.2) is 42.5 Å². The number of hydrogen-bond acceptors (Lipinski definition) is 1. The average Bonchev–Trinajstić information content (AvgIpc) is 3.21. The number of nitrogens with one attached hydrogen (secondary N) is 1. The molecular formula is C16H15ClFN. The number of rotatable bonds is 4. The van der Waals surface area contributed by atoms with Crippen LogP contribution in [0.1, 0.15) is 18.4 Å². The third-order valence-electron chi connectivity index (χ3n) is 3.37. The summed E-state index contributed by atoms with van der Waals surface area (Å²) in [5.41, 5.74) is 2.89. The molecule has 1 aliphatic carbocycles. The Bertz CT molecular complexity index is 593. The summed E-state index contributed by atoms with van der Waals surface area (Å²) >= 11 is 6.29. The van der Waals surface area contributed by atoms with E-state index in [9.17, 15) is 4.39 Å². The third kappa shape index (κ3) is 3.14. The van der Waals surface area contributed by atoms with Gasteiger partial charge in [-0.3, -0.25) is 0 Å². The van der Waals surface area contributed by atoms with Crippen LogP contribution in [0, 0.1) is 5.82 Å². The largest absolute Gasteiger partial charge is 0.310 e. The predicted molar refractivity (Wildman–Crippen MR) is 76.7 cm³/mol. The molecular weight excluding hydrogens is 261 g/mol. The van der Waals surface area contributed by atoms with Crippen molar-refractivity contribution in [2.24, 2.45) is 0 Å². The molecule has 0 atom stereocenters.